The highest BCUT2D eigenvalue weighted by Gasteiger charge is 2.45. The zero-order chi connectivity index (χ0) is 12.4. The highest BCUT2D eigenvalue weighted by atomic mass is 16.1. The van der Waals surface area contributed by atoms with E-state index in [1.165, 1.54) is 18.7 Å². The third-order valence-electron chi connectivity index (χ3n) is 3.02. The molecule has 0 radical (unpaired) electrons. The van der Waals surface area contributed by atoms with Gasteiger partial charge in [-0.1, -0.05) is 0 Å². The highest BCUT2D eigenvalue weighted by molar-refractivity contribution is 5.73. The summed E-state index contributed by atoms with van der Waals surface area (Å²) >= 11 is 0. The molecule has 2 heterocycles. The van der Waals surface area contributed by atoms with Crippen molar-refractivity contribution >= 4 is 12.2 Å². The third-order valence-corrected chi connectivity index (χ3v) is 3.02. The van der Waals surface area contributed by atoms with E-state index < -0.39 is 0 Å². The van der Waals surface area contributed by atoms with E-state index in [0.717, 1.165) is 24.7 Å². The van der Waals surface area contributed by atoms with Gasteiger partial charge >= 0.3 is 0 Å². The van der Waals surface area contributed by atoms with E-state index in [9.17, 15) is 4.79 Å². The fourth-order valence-electron chi connectivity index (χ4n) is 1.83. The Hall–Kier alpha value is -2.37. The lowest BCUT2D eigenvalue weighted by Gasteiger charge is -2.16. The minimum Gasteiger partial charge on any atom is -0.345 e. The number of aromatic nitrogens is 4. The molecule has 0 saturated heterocycles. The number of hydrogen-bond acceptors (Lipinski definition) is 6. The van der Waals surface area contributed by atoms with Crippen molar-refractivity contribution in [1.82, 2.24) is 19.9 Å². The normalized spacial score (nSPS) is 16.0. The summed E-state index contributed by atoms with van der Waals surface area (Å²) in [7, 11) is 0. The summed E-state index contributed by atoms with van der Waals surface area (Å²) in [6.45, 7) is 0. The van der Waals surface area contributed by atoms with Gasteiger partial charge in [-0.25, -0.2) is 19.9 Å². The molecule has 1 N–H and O–H groups in total. The van der Waals surface area contributed by atoms with E-state index in [1.807, 2.05) is 0 Å². The molecule has 90 valence electrons. The molecular weight excluding hydrogens is 230 g/mol. The number of carbonyl (C=O) groups excluding carboxylic acids is 1. The van der Waals surface area contributed by atoms with Crippen molar-refractivity contribution in [2.24, 2.45) is 0 Å². The maximum Gasteiger partial charge on any atom is 0.223 e. The number of carbonyl (C=O) groups is 1. The molecule has 3 rings (SSSR count). The van der Waals surface area contributed by atoms with Gasteiger partial charge in [0.15, 0.2) is 6.29 Å². The fourth-order valence-corrected chi connectivity index (χ4v) is 1.83. The van der Waals surface area contributed by atoms with Crippen LogP contribution in [0.1, 0.15) is 28.8 Å². The van der Waals surface area contributed by atoms with Gasteiger partial charge in [-0.05, 0) is 12.8 Å². The molecule has 0 bridgehead atoms. The molecule has 6 heteroatoms. The van der Waals surface area contributed by atoms with Crippen molar-refractivity contribution in [2.45, 2.75) is 18.4 Å². The number of nitrogens with one attached hydrogen (secondary N) is 1. The van der Waals surface area contributed by atoms with Crippen LogP contribution < -0.4 is 5.32 Å². The van der Waals surface area contributed by atoms with Crippen molar-refractivity contribution in [3.05, 3.63) is 42.2 Å². The summed E-state index contributed by atoms with van der Waals surface area (Å²) in [4.78, 5) is 26.8. The van der Waals surface area contributed by atoms with Crippen LogP contribution in [0.2, 0.25) is 0 Å². The fraction of sp³-hybridized carbons (Fsp3) is 0.250. The van der Waals surface area contributed by atoms with Crippen molar-refractivity contribution in [3.63, 3.8) is 0 Å². The van der Waals surface area contributed by atoms with Crippen molar-refractivity contribution in [3.8, 4) is 0 Å². The van der Waals surface area contributed by atoms with Gasteiger partial charge < -0.3 is 5.32 Å². The lowest BCUT2D eigenvalue weighted by molar-refractivity contribution is 0.112. The van der Waals surface area contributed by atoms with Gasteiger partial charge in [-0.3, -0.25) is 4.79 Å². The Morgan fingerprint density at radius 1 is 1.11 bits per heavy atom. The van der Waals surface area contributed by atoms with Crippen molar-refractivity contribution in [2.75, 3.05) is 5.32 Å². The van der Waals surface area contributed by atoms with Crippen LogP contribution in [0.25, 0.3) is 0 Å². The molecule has 0 atom stereocenters. The molecule has 0 aromatic carbocycles. The van der Waals surface area contributed by atoms with Crippen LogP contribution in [0.4, 0.5) is 5.95 Å². The molecular formula is C12H11N5O. The monoisotopic (exact) mass is 241 g/mol. The summed E-state index contributed by atoms with van der Waals surface area (Å²) in [5.74, 6) is 0.516. The zero-order valence-electron chi connectivity index (χ0n) is 9.58. The van der Waals surface area contributed by atoms with Gasteiger partial charge in [-0.15, -0.1) is 0 Å². The highest BCUT2D eigenvalue weighted by Crippen LogP contribution is 2.47. The molecule has 2 aromatic heterocycles. The lowest BCUT2D eigenvalue weighted by Crippen LogP contribution is -2.20. The second-order valence-corrected chi connectivity index (χ2v) is 4.29. The minimum atomic E-state index is -0.149. The summed E-state index contributed by atoms with van der Waals surface area (Å²) in [6.07, 6.45) is 10.8. The average molecular weight is 241 g/mol. The molecule has 0 spiro atoms. The Morgan fingerprint density at radius 3 is 2.33 bits per heavy atom. The topological polar surface area (TPSA) is 80.7 Å². The van der Waals surface area contributed by atoms with Crippen LogP contribution in [-0.4, -0.2) is 26.2 Å². The zero-order valence-corrected chi connectivity index (χ0v) is 9.58. The Bertz CT molecular complexity index is 550. The number of aldehydes is 1. The standard InChI is InChI=1S/C12H11N5O/c18-7-9-3-15-11(16-4-9)17-12(1-2-12)10-5-13-8-14-6-10/h3-8H,1-2H2,(H,15,16,17). The van der Waals surface area contributed by atoms with Crippen LogP contribution in [0.15, 0.2) is 31.1 Å². The van der Waals surface area contributed by atoms with Gasteiger partial charge in [-0.2, -0.15) is 0 Å². The Kier molecular flexibility index (Phi) is 2.47. The lowest BCUT2D eigenvalue weighted by atomic mass is 10.1. The number of hydrogen-bond donors (Lipinski definition) is 1. The van der Waals surface area contributed by atoms with E-state index >= 15 is 0 Å². The van der Waals surface area contributed by atoms with Crippen LogP contribution in [0, 0.1) is 0 Å². The summed E-state index contributed by atoms with van der Waals surface area (Å²) in [6, 6.07) is 0. The van der Waals surface area contributed by atoms with E-state index in [-0.39, 0.29) is 5.54 Å². The summed E-state index contributed by atoms with van der Waals surface area (Å²) < 4.78 is 0. The molecule has 1 saturated carbocycles. The first kappa shape index (κ1) is 10.8. The molecule has 1 aliphatic rings. The Balaban J connectivity index is 1.81. The molecule has 1 fully saturated rings. The molecule has 1 aliphatic carbocycles. The van der Waals surface area contributed by atoms with Crippen molar-refractivity contribution < 1.29 is 4.79 Å². The maximum absolute atomic E-state index is 10.5. The number of anilines is 1. The predicted molar refractivity (Wildman–Crippen MR) is 64.0 cm³/mol. The third kappa shape index (κ3) is 1.92. The molecule has 0 unspecified atom stereocenters. The van der Waals surface area contributed by atoms with E-state index in [0.29, 0.717) is 11.5 Å². The molecule has 2 aromatic rings. The van der Waals surface area contributed by atoms with E-state index in [4.69, 9.17) is 0 Å². The van der Waals surface area contributed by atoms with Gasteiger partial charge in [0, 0.05) is 30.4 Å². The van der Waals surface area contributed by atoms with E-state index in [1.54, 1.807) is 12.4 Å². The van der Waals surface area contributed by atoms with Crippen LogP contribution in [0.3, 0.4) is 0 Å². The molecule has 6 nitrogen and oxygen atoms in total. The van der Waals surface area contributed by atoms with Crippen LogP contribution in [-0.2, 0) is 5.54 Å². The SMILES string of the molecule is O=Cc1cnc(NC2(c3cncnc3)CC2)nc1. The first-order chi connectivity index (χ1) is 8.82. The van der Waals surface area contributed by atoms with Gasteiger partial charge in [0.2, 0.25) is 5.95 Å². The van der Waals surface area contributed by atoms with Gasteiger partial charge in [0.25, 0.3) is 0 Å². The van der Waals surface area contributed by atoms with Crippen LogP contribution >= 0.6 is 0 Å². The smallest absolute Gasteiger partial charge is 0.223 e. The average Bonchev–Trinajstić information content (AvgIpc) is 3.22. The minimum absolute atomic E-state index is 0.149. The first-order valence-corrected chi connectivity index (χ1v) is 5.63. The summed E-state index contributed by atoms with van der Waals surface area (Å²) in [5, 5.41) is 3.28. The van der Waals surface area contributed by atoms with Crippen molar-refractivity contribution in [1.29, 1.82) is 0 Å². The second kappa shape index (κ2) is 4.14. The quantitative estimate of drug-likeness (QED) is 0.809. The molecule has 0 aliphatic heterocycles. The largest absolute Gasteiger partial charge is 0.345 e. The number of rotatable bonds is 4. The maximum atomic E-state index is 10.5. The second-order valence-electron chi connectivity index (χ2n) is 4.29. The summed E-state index contributed by atoms with van der Waals surface area (Å²) in [5.41, 5.74) is 1.35. The Morgan fingerprint density at radius 2 is 1.78 bits per heavy atom. The van der Waals surface area contributed by atoms with Gasteiger partial charge in [0.1, 0.15) is 6.33 Å². The predicted octanol–water partition coefficient (Wildman–Crippen LogP) is 1.18. The number of nitrogens with zero attached hydrogens (tertiary/aromatic N) is 4. The van der Waals surface area contributed by atoms with E-state index in [2.05, 4.69) is 25.3 Å². The van der Waals surface area contributed by atoms with Gasteiger partial charge in [0.05, 0.1) is 11.1 Å². The molecule has 18 heavy (non-hydrogen) atoms. The van der Waals surface area contributed by atoms with Crippen LogP contribution in [0.5, 0.6) is 0 Å². The Labute approximate surface area is 104 Å². The first-order valence-electron chi connectivity index (χ1n) is 5.63. The molecule has 0 amide bonds.